The van der Waals surface area contributed by atoms with Crippen molar-refractivity contribution in [3.05, 3.63) is 46.8 Å². The summed E-state index contributed by atoms with van der Waals surface area (Å²) in [5.41, 5.74) is 3.84. The molecule has 0 fully saturated rings. The highest BCUT2D eigenvalue weighted by Crippen LogP contribution is 2.28. The number of methoxy groups -OCH3 is 3. The molecule has 0 N–H and O–H groups in total. The predicted molar refractivity (Wildman–Crippen MR) is 88.7 cm³/mol. The van der Waals surface area contributed by atoms with Crippen molar-refractivity contribution >= 4 is 12.2 Å². The van der Waals surface area contributed by atoms with Gasteiger partial charge in [0, 0.05) is 22.9 Å². The van der Waals surface area contributed by atoms with Crippen LogP contribution in [0.15, 0.2) is 24.4 Å². The maximum atomic E-state index is 5.43. The van der Waals surface area contributed by atoms with Crippen LogP contribution in [-0.2, 0) is 0 Å². The molecule has 0 aliphatic rings. The second-order valence-electron chi connectivity index (χ2n) is 4.93. The number of nitrogens with zero attached hydrogens (tertiary/aromatic N) is 1. The minimum absolute atomic E-state index is 0.784. The van der Waals surface area contributed by atoms with Crippen LogP contribution in [0, 0.1) is 13.8 Å². The molecule has 0 saturated heterocycles. The van der Waals surface area contributed by atoms with E-state index in [2.05, 4.69) is 4.98 Å². The number of rotatable bonds is 5. The van der Waals surface area contributed by atoms with E-state index < -0.39 is 0 Å². The van der Waals surface area contributed by atoms with Crippen LogP contribution in [0.4, 0.5) is 0 Å². The Hall–Kier alpha value is -2.49. The topological polar surface area (TPSA) is 40.6 Å². The number of benzene rings is 1. The van der Waals surface area contributed by atoms with E-state index in [1.54, 1.807) is 21.3 Å². The van der Waals surface area contributed by atoms with Gasteiger partial charge in [-0.2, -0.15) is 0 Å². The second-order valence-corrected chi connectivity index (χ2v) is 4.93. The number of hydrogen-bond acceptors (Lipinski definition) is 4. The summed E-state index contributed by atoms with van der Waals surface area (Å²) in [5.74, 6) is 2.44. The van der Waals surface area contributed by atoms with Crippen molar-refractivity contribution in [1.29, 1.82) is 0 Å². The zero-order chi connectivity index (χ0) is 16.1. The number of ether oxygens (including phenoxy) is 3. The van der Waals surface area contributed by atoms with Gasteiger partial charge >= 0.3 is 0 Å². The summed E-state index contributed by atoms with van der Waals surface area (Å²) in [7, 11) is 4.97. The normalized spacial score (nSPS) is 10.8. The SMILES string of the molecule is COc1ccc(OC)c(/C=C/c2ncc(C)c(OC)c2C)c1. The largest absolute Gasteiger partial charge is 0.497 e. The fourth-order valence-corrected chi connectivity index (χ4v) is 2.35. The molecule has 1 aromatic heterocycles. The molecule has 0 aliphatic heterocycles. The molecule has 2 aromatic rings. The maximum absolute atomic E-state index is 5.43. The average Bonchev–Trinajstić information content (AvgIpc) is 2.54. The Morgan fingerprint density at radius 2 is 1.73 bits per heavy atom. The van der Waals surface area contributed by atoms with Gasteiger partial charge in [0.25, 0.3) is 0 Å². The van der Waals surface area contributed by atoms with Gasteiger partial charge in [0.2, 0.25) is 0 Å². The van der Waals surface area contributed by atoms with Gasteiger partial charge in [-0.05, 0) is 44.2 Å². The summed E-state index contributed by atoms with van der Waals surface area (Å²) < 4.78 is 16.1. The first kappa shape index (κ1) is 15.9. The predicted octanol–water partition coefficient (Wildman–Crippen LogP) is 3.89. The molecule has 0 amide bonds. The van der Waals surface area contributed by atoms with E-state index >= 15 is 0 Å². The molecule has 0 spiro atoms. The first-order chi connectivity index (χ1) is 10.6. The number of aromatic nitrogens is 1. The third kappa shape index (κ3) is 3.22. The van der Waals surface area contributed by atoms with Crippen molar-refractivity contribution in [2.24, 2.45) is 0 Å². The van der Waals surface area contributed by atoms with Gasteiger partial charge < -0.3 is 14.2 Å². The fraction of sp³-hybridized carbons (Fsp3) is 0.278. The first-order valence-electron chi connectivity index (χ1n) is 7.01. The Morgan fingerprint density at radius 1 is 0.955 bits per heavy atom. The highest BCUT2D eigenvalue weighted by atomic mass is 16.5. The molecular formula is C18H21NO3. The van der Waals surface area contributed by atoms with E-state index in [9.17, 15) is 0 Å². The lowest BCUT2D eigenvalue weighted by atomic mass is 10.1. The zero-order valence-corrected chi connectivity index (χ0v) is 13.6. The molecule has 4 nitrogen and oxygen atoms in total. The van der Waals surface area contributed by atoms with Gasteiger partial charge in [-0.25, -0.2) is 0 Å². The zero-order valence-electron chi connectivity index (χ0n) is 13.6. The Labute approximate surface area is 131 Å². The van der Waals surface area contributed by atoms with Gasteiger partial charge in [0.15, 0.2) is 0 Å². The number of hydrogen-bond donors (Lipinski definition) is 0. The van der Waals surface area contributed by atoms with Crippen molar-refractivity contribution in [3.63, 3.8) is 0 Å². The summed E-state index contributed by atoms with van der Waals surface area (Å²) in [5, 5.41) is 0. The van der Waals surface area contributed by atoms with E-state index in [0.29, 0.717) is 0 Å². The van der Waals surface area contributed by atoms with E-state index in [4.69, 9.17) is 14.2 Å². The van der Waals surface area contributed by atoms with Gasteiger partial charge in [-0.3, -0.25) is 4.98 Å². The summed E-state index contributed by atoms with van der Waals surface area (Å²) in [4.78, 5) is 4.46. The fourth-order valence-electron chi connectivity index (χ4n) is 2.35. The molecule has 0 atom stereocenters. The Bertz CT molecular complexity index is 693. The molecule has 116 valence electrons. The molecule has 1 aromatic carbocycles. The summed E-state index contributed by atoms with van der Waals surface area (Å²) >= 11 is 0. The highest BCUT2D eigenvalue weighted by Gasteiger charge is 2.08. The number of pyridine rings is 1. The summed E-state index contributed by atoms with van der Waals surface area (Å²) in [6.07, 6.45) is 5.73. The number of aryl methyl sites for hydroxylation is 1. The van der Waals surface area contributed by atoms with Crippen LogP contribution in [-0.4, -0.2) is 26.3 Å². The third-order valence-electron chi connectivity index (χ3n) is 3.54. The second kappa shape index (κ2) is 6.98. The van der Waals surface area contributed by atoms with Crippen LogP contribution < -0.4 is 14.2 Å². The molecular weight excluding hydrogens is 278 g/mol. The van der Waals surface area contributed by atoms with E-state index in [1.807, 2.05) is 50.4 Å². The lowest BCUT2D eigenvalue weighted by molar-refractivity contribution is 0.402. The van der Waals surface area contributed by atoms with Crippen LogP contribution in [0.2, 0.25) is 0 Å². The van der Waals surface area contributed by atoms with E-state index in [-0.39, 0.29) is 0 Å². The molecule has 2 rings (SSSR count). The third-order valence-corrected chi connectivity index (χ3v) is 3.54. The van der Waals surface area contributed by atoms with Gasteiger partial charge in [0.1, 0.15) is 17.2 Å². The molecule has 0 bridgehead atoms. The van der Waals surface area contributed by atoms with Crippen molar-refractivity contribution in [2.75, 3.05) is 21.3 Å². The molecule has 0 unspecified atom stereocenters. The van der Waals surface area contributed by atoms with Gasteiger partial charge in [-0.1, -0.05) is 0 Å². The molecule has 0 aliphatic carbocycles. The molecule has 1 heterocycles. The van der Waals surface area contributed by atoms with Crippen molar-refractivity contribution in [3.8, 4) is 17.2 Å². The quantitative estimate of drug-likeness (QED) is 0.839. The van der Waals surface area contributed by atoms with Crippen molar-refractivity contribution < 1.29 is 14.2 Å². The highest BCUT2D eigenvalue weighted by molar-refractivity contribution is 5.74. The molecule has 22 heavy (non-hydrogen) atoms. The molecule has 0 radical (unpaired) electrons. The minimum Gasteiger partial charge on any atom is -0.497 e. The first-order valence-corrected chi connectivity index (χ1v) is 7.01. The van der Waals surface area contributed by atoms with Crippen LogP contribution in [0.5, 0.6) is 17.2 Å². The van der Waals surface area contributed by atoms with Crippen LogP contribution >= 0.6 is 0 Å². The van der Waals surface area contributed by atoms with E-state index in [0.717, 1.165) is 39.6 Å². The van der Waals surface area contributed by atoms with Crippen LogP contribution in [0.3, 0.4) is 0 Å². The smallest absolute Gasteiger partial charge is 0.128 e. The molecule has 4 heteroatoms. The lowest BCUT2D eigenvalue weighted by Crippen LogP contribution is -1.96. The van der Waals surface area contributed by atoms with Crippen molar-refractivity contribution in [1.82, 2.24) is 4.98 Å². The Balaban J connectivity index is 2.40. The van der Waals surface area contributed by atoms with Gasteiger partial charge in [-0.15, -0.1) is 0 Å². The maximum Gasteiger partial charge on any atom is 0.128 e. The van der Waals surface area contributed by atoms with Gasteiger partial charge in [0.05, 0.1) is 27.0 Å². The Kier molecular flexibility index (Phi) is 5.04. The van der Waals surface area contributed by atoms with E-state index in [1.165, 1.54) is 0 Å². The summed E-state index contributed by atoms with van der Waals surface area (Å²) in [6, 6.07) is 5.68. The summed E-state index contributed by atoms with van der Waals surface area (Å²) in [6.45, 7) is 3.98. The van der Waals surface area contributed by atoms with Crippen LogP contribution in [0.25, 0.3) is 12.2 Å². The molecule has 0 saturated carbocycles. The minimum atomic E-state index is 0.784. The van der Waals surface area contributed by atoms with Crippen LogP contribution in [0.1, 0.15) is 22.4 Å². The monoisotopic (exact) mass is 299 g/mol. The van der Waals surface area contributed by atoms with Crippen molar-refractivity contribution in [2.45, 2.75) is 13.8 Å². The lowest BCUT2D eigenvalue weighted by Gasteiger charge is -2.10. The average molecular weight is 299 g/mol. The standard InChI is InChI=1S/C18H21NO3/c1-12-11-19-16(13(2)18(12)22-5)8-6-14-10-15(20-3)7-9-17(14)21-4/h6-11H,1-5H3/b8-6+. The Morgan fingerprint density at radius 3 is 2.36 bits per heavy atom.